The monoisotopic (exact) mass is 248 g/mol. The molecule has 0 bridgehead atoms. The van der Waals surface area contributed by atoms with Gasteiger partial charge in [-0.1, -0.05) is 18.7 Å². The SMILES string of the molecule is C=C1/C=c2/nccc/c2=N/CC2=C(C=C=CC=C2)O1. The van der Waals surface area contributed by atoms with E-state index in [-0.39, 0.29) is 0 Å². The minimum Gasteiger partial charge on any atom is -0.457 e. The Labute approximate surface area is 111 Å². The molecule has 0 atom stereocenters. The van der Waals surface area contributed by atoms with Gasteiger partial charge in [0.2, 0.25) is 0 Å². The third kappa shape index (κ3) is 2.46. The number of hydrogen-bond donors (Lipinski definition) is 0. The lowest BCUT2D eigenvalue weighted by molar-refractivity contribution is 0.341. The first-order valence-corrected chi connectivity index (χ1v) is 5.99. The molecule has 0 N–H and O–H groups in total. The number of ether oxygens (including phenoxy) is 1. The van der Waals surface area contributed by atoms with Gasteiger partial charge >= 0.3 is 0 Å². The summed E-state index contributed by atoms with van der Waals surface area (Å²) in [4.78, 5) is 8.87. The van der Waals surface area contributed by atoms with Crippen LogP contribution in [0, 0.1) is 0 Å². The maximum Gasteiger partial charge on any atom is 0.140 e. The lowest BCUT2D eigenvalue weighted by Gasteiger charge is -2.07. The summed E-state index contributed by atoms with van der Waals surface area (Å²) in [6.45, 7) is 4.44. The van der Waals surface area contributed by atoms with Gasteiger partial charge in [0, 0.05) is 23.9 Å². The van der Waals surface area contributed by atoms with E-state index in [9.17, 15) is 0 Å². The van der Waals surface area contributed by atoms with Crippen LogP contribution in [0.25, 0.3) is 6.08 Å². The van der Waals surface area contributed by atoms with Crippen LogP contribution < -0.4 is 10.7 Å². The number of allylic oxidation sites excluding steroid dienone is 3. The maximum absolute atomic E-state index is 5.75. The molecule has 0 radical (unpaired) electrons. The number of aromatic nitrogens is 1. The van der Waals surface area contributed by atoms with Gasteiger partial charge in [-0.25, -0.2) is 0 Å². The standard InChI is InChI=1S/C16H12N2O/c1-12-10-15-14(7-5-9-17-15)18-11-13-6-3-2-4-8-16(13)19-12/h2-3,5-10H,1,11H2/b15-10+,18-14-. The molecule has 0 aromatic carbocycles. The van der Waals surface area contributed by atoms with E-state index in [0.717, 1.165) is 22.0 Å². The molecule has 0 amide bonds. The average molecular weight is 248 g/mol. The Balaban J connectivity index is 2.18. The molecule has 0 spiro atoms. The normalized spacial score (nSPS) is 20.5. The Morgan fingerprint density at radius 2 is 2.32 bits per heavy atom. The van der Waals surface area contributed by atoms with Crippen LogP contribution in [0.1, 0.15) is 0 Å². The van der Waals surface area contributed by atoms with E-state index in [1.165, 1.54) is 0 Å². The fourth-order valence-electron chi connectivity index (χ4n) is 1.89. The summed E-state index contributed by atoms with van der Waals surface area (Å²) < 4.78 is 5.75. The van der Waals surface area contributed by atoms with Gasteiger partial charge in [0.25, 0.3) is 0 Å². The predicted octanol–water partition coefficient (Wildman–Crippen LogP) is 1.56. The molecule has 0 saturated heterocycles. The fraction of sp³-hybridized carbons (Fsp3) is 0.0625. The molecule has 0 unspecified atom stereocenters. The van der Waals surface area contributed by atoms with Crippen molar-refractivity contribution < 1.29 is 4.74 Å². The van der Waals surface area contributed by atoms with Crippen LogP contribution in [-0.4, -0.2) is 11.5 Å². The quantitative estimate of drug-likeness (QED) is 0.653. The smallest absolute Gasteiger partial charge is 0.140 e. The highest BCUT2D eigenvalue weighted by Crippen LogP contribution is 2.16. The van der Waals surface area contributed by atoms with E-state index in [1.54, 1.807) is 18.3 Å². The largest absolute Gasteiger partial charge is 0.457 e. The molecule has 1 aromatic heterocycles. The topological polar surface area (TPSA) is 34.5 Å². The van der Waals surface area contributed by atoms with Gasteiger partial charge in [0.15, 0.2) is 0 Å². The highest BCUT2D eigenvalue weighted by Gasteiger charge is 2.07. The first kappa shape index (κ1) is 11.5. The zero-order valence-corrected chi connectivity index (χ0v) is 10.3. The van der Waals surface area contributed by atoms with Crippen molar-refractivity contribution in [2.24, 2.45) is 4.99 Å². The highest BCUT2D eigenvalue weighted by atomic mass is 16.5. The minimum atomic E-state index is 0.539. The third-order valence-electron chi connectivity index (χ3n) is 2.80. The van der Waals surface area contributed by atoms with Crippen molar-refractivity contribution in [2.75, 3.05) is 6.54 Å². The summed E-state index contributed by atoms with van der Waals surface area (Å²) >= 11 is 0. The van der Waals surface area contributed by atoms with Gasteiger partial charge in [-0.05, 0) is 18.2 Å². The van der Waals surface area contributed by atoms with E-state index < -0.39 is 0 Å². The maximum atomic E-state index is 5.75. The molecule has 1 aliphatic carbocycles. The summed E-state index contributed by atoms with van der Waals surface area (Å²) in [7, 11) is 0. The number of fused-ring (bicyclic) bond motifs is 1. The Hall–Kier alpha value is -2.64. The molecule has 2 heterocycles. The zero-order chi connectivity index (χ0) is 13.1. The molecule has 19 heavy (non-hydrogen) atoms. The molecule has 3 rings (SSSR count). The van der Waals surface area contributed by atoms with E-state index in [1.807, 2.05) is 30.4 Å². The summed E-state index contributed by atoms with van der Waals surface area (Å²) in [6, 6.07) is 3.81. The van der Waals surface area contributed by atoms with Crippen molar-refractivity contribution in [1.82, 2.24) is 4.98 Å². The van der Waals surface area contributed by atoms with Crippen molar-refractivity contribution >= 4 is 6.08 Å². The number of hydrogen-bond acceptors (Lipinski definition) is 3. The third-order valence-corrected chi connectivity index (χ3v) is 2.80. The molecule has 3 heteroatoms. The van der Waals surface area contributed by atoms with Crippen LogP contribution in [0.4, 0.5) is 0 Å². The van der Waals surface area contributed by atoms with Gasteiger partial charge in [0.1, 0.15) is 11.5 Å². The van der Waals surface area contributed by atoms with Crippen LogP contribution in [0.5, 0.6) is 0 Å². The van der Waals surface area contributed by atoms with Crippen molar-refractivity contribution in [2.45, 2.75) is 0 Å². The minimum absolute atomic E-state index is 0.539. The Morgan fingerprint density at radius 3 is 3.26 bits per heavy atom. The van der Waals surface area contributed by atoms with Crippen molar-refractivity contribution in [3.63, 3.8) is 0 Å². The summed E-state index contributed by atoms with van der Waals surface area (Å²) in [5, 5.41) is 1.62. The van der Waals surface area contributed by atoms with Crippen LogP contribution in [0.2, 0.25) is 0 Å². The van der Waals surface area contributed by atoms with E-state index in [4.69, 9.17) is 4.74 Å². The van der Waals surface area contributed by atoms with Crippen LogP contribution >= 0.6 is 0 Å². The fourth-order valence-corrected chi connectivity index (χ4v) is 1.89. The van der Waals surface area contributed by atoms with Gasteiger partial charge in [-0.3, -0.25) is 9.98 Å². The Bertz CT molecular complexity index is 775. The molecule has 92 valence electrons. The van der Waals surface area contributed by atoms with E-state index in [0.29, 0.717) is 12.3 Å². The second kappa shape index (κ2) is 4.92. The molecule has 3 nitrogen and oxygen atoms in total. The first-order chi connectivity index (χ1) is 9.33. The van der Waals surface area contributed by atoms with Gasteiger partial charge < -0.3 is 4.74 Å². The van der Waals surface area contributed by atoms with E-state index >= 15 is 0 Å². The molecule has 0 saturated carbocycles. The summed E-state index contributed by atoms with van der Waals surface area (Å²) in [6.07, 6.45) is 11.1. The summed E-state index contributed by atoms with van der Waals surface area (Å²) in [5.41, 5.74) is 4.02. The second-order valence-corrected chi connectivity index (χ2v) is 4.16. The second-order valence-electron chi connectivity index (χ2n) is 4.16. The van der Waals surface area contributed by atoms with Crippen LogP contribution in [0.3, 0.4) is 0 Å². The predicted molar refractivity (Wildman–Crippen MR) is 73.4 cm³/mol. The molecular formula is C16H12N2O. The van der Waals surface area contributed by atoms with Crippen molar-refractivity contribution in [1.29, 1.82) is 0 Å². The van der Waals surface area contributed by atoms with Gasteiger partial charge in [-0.2, -0.15) is 0 Å². The average Bonchev–Trinajstić information content (AvgIpc) is 2.59. The zero-order valence-electron chi connectivity index (χ0n) is 10.3. The molecule has 0 fully saturated rings. The Morgan fingerprint density at radius 1 is 1.37 bits per heavy atom. The Kier molecular flexibility index (Phi) is 2.97. The van der Waals surface area contributed by atoms with Crippen LogP contribution in [0.15, 0.2) is 77.0 Å². The molecule has 1 aromatic rings. The van der Waals surface area contributed by atoms with Crippen molar-refractivity contribution in [3.8, 4) is 0 Å². The lowest BCUT2D eigenvalue weighted by atomic mass is 10.2. The first-order valence-electron chi connectivity index (χ1n) is 5.99. The van der Waals surface area contributed by atoms with Crippen molar-refractivity contribution in [3.05, 3.63) is 82.7 Å². The van der Waals surface area contributed by atoms with Gasteiger partial charge in [-0.15, -0.1) is 5.73 Å². The number of nitrogens with zero attached hydrogens (tertiary/aromatic N) is 2. The number of rotatable bonds is 0. The van der Waals surface area contributed by atoms with Crippen LogP contribution in [-0.2, 0) is 4.74 Å². The summed E-state index contributed by atoms with van der Waals surface area (Å²) in [5.74, 6) is 1.26. The lowest BCUT2D eigenvalue weighted by Crippen LogP contribution is -2.28. The number of pyridine rings is 1. The van der Waals surface area contributed by atoms with Gasteiger partial charge in [0.05, 0.1) is 17.3 Å². The van der Waals surface area contributed by atoms with E-state index in [2.05, 4.69) is 22.3 Å². The molecular weight excluding hydrogens is 236 g/mol. The molecule has 1 aliphatic heterocycles. The molecule has 2 aliphatic rings. The highest BCUT2D eigenvalue weighted by molar-refractivity contribution is 5.43.